The number of nitrogens with zero attached hydrogens (tertiary/aromatic N) is 2. The third-order valence-electron chi connectivity index (χ3n) is 5.45. The molecule has 0 aromatic rings. The first-order chi connectivity index (χ1) is 8.48. The molecule has 2 saturated heterocycles. The summed E-state index contributed by atoms with van der Waals surface area (Å²) in [4.78, 5) is 5.18. The Morgan fingerprint density at radius 2 is 1.83 bits per heavy atom. The lowest BCUT2D eigenvalue weighted by molar-refractivity contribution is 0.0142. The summed E-state index contributed by atoms with van der Waals surface area (Å²) in [5, 5.41) is 0. The molecule has 2 rings (SSSR count). The van der Waals surface area contributed by atoms with Gasteiger partial charge in [-0.1, -0.05) is 13.8 Å². The van der Waals surface area contributed by atoms with E-state index in [0.29, 0.717) is 0 Å². The van der Waals surface area contributed by atoms with Crippen molar-refractivity contribution in [3.63, 3.8) is 0 Å². The standard InChI is InChI=1S/C15H31N3/c1-12(2)7-8-17(3)15(11-16)9-13-5-6-14(10-15)18(13)4/h12-14H,5-11,16H2,1-4H3. The van der Waals surface area contributed by atoms with Crippen LogP contribution in [0, 0.1) is 5.92 Å². The number of likely N-dealkylation sites (N-methyl/N-ethyl adjacent to an activating group) is 1. The van der Waals surface area contributed by atoms with Crippen molar-refractivity contribution < 1.29 is 0 Å². The van der Waals surface area contributed by atoms with E-state index in [-0.39, 0.29) is 5.54 Å². The van der Waals surface area contributed by atoms with Crippen LogP contribution in [-0.4, -0.2) is 54.6 Å². The van der Waals surface area contributed by atoms with Crippen molar-refractivity contribution in [2.24, 2.45) is 11.7 Å². The monoisotopic (exact) mass is 253 g/mol. The second-order valence-corrected chi connectivity index (χ2v) is 6.99. The van der Waals surface area contributed by atoms with Gasteiger partial charge in [0, 0.05) is 24.2 Å². The topological polar surface area (TPSA) is 32.5 Å². The number of rotatable bonds is 5. The first-order valence-electron chi connectivity index (χ1n) is 7.62. The number of hydrogen-bond donors (Lipinski definition) is 1. The Labute approximate surface area is 113 Å². The fourth-order valence-corrected chi connectivity index (χ4v) is 3.87. The van der Waals surface area contributed by atoms with E-state index in [1.165, 1.54) is 38.6 Å². The Hall–Kier alpha value is -0.120. The molecule has 18 heavy (non-hydrogen) atoms. The summed E-state index contributed by atoms with van der Waals surface area (Å²) in [6.45, 7) is 6.63. The molecule has 0 spiro atoms. The second-order valence-electron chi connectivity index (χ2n) is 6.99. The minimum atomic E-state index is 0.271. The van der Waals surface area contributed by atoms with Crippen LogP contribution in [0.1, 0.15) is 46.0 Å². The lowest BCUT2D eigenvalue weighted by Crippen LogP contribution is -2.61. The Bertz CT molecular complexity index is 263. The van der Waals surface area contributed by atoms with Crippen molar-refractivity contribution in [2.75, 3.05) is 27.2 Å². The molecule has 2 aliphatic heterocycles. The molecule has 0 aromatic carbocycles. The van der Waals surface area contributed by atoms with Crippen LogP contribution in [0.15, 0.2) is 0 Å². The largest absolute Gasteiger partial charge is 0.329 e. The van der Waals surface area contributed by atoms with Gasteiger partial charge in [0.05, 0.1) is 0 Å². The van der Waals surface area contributed by atoms with Gasteiger partial charge in [0.25, 0.3) is 0 Å². The molecule has 2 atom stereocenters. The van der Waals surface area contributed by atoms with Gasteiger partial charge in [-0.15, -0.1) is 0 Å². The van der Waals surface area contributed by atoms with Gasteiger partial charge >= 0.3 is 0 Å². The molecule has 106 valence electrons. The Morgan fingerprint density at radius 3 is 2.28 bits per heavy atom. The van der Waals surface area contributed by atoms with Crippen molar-refractivity contribution in [1.82, 2.24) is 9.80 Å². The minimum Gasteiger partial charge on any atom is -0.329 e. The van der Waals surface area contributed by atoms with Crippen LogP contribution in [0.5, 0.6) is 0 Å². The molecule has 2 bridgehead atoms. The van der Waals surface area contributed by atoms with E-state index in [1.807, 2.05) is 0 Å². The van der Waals surface area contributed by atoms with Crippen LogP contribution in [0.25, 0.3) is 0 Å². The van der Waals surface area contributed by atoms with E-state index in [2.05, 4.69) is 37.7 Å². The molecule has 3 heteroatoms. The second kappa shape index (κ2) is 5.48. The number of piperidine rings is 1. The minimum absolute atomic E-state index is 0.271. The predicted octanol–water partition coefficient (Wildman–Crippen LogP) is 1.92. The highest BCUT2D eigenvalue weighted by Crippen LogP contribution is 2.41. The summed E-state index contributed by atoms with van der Waals surface area (Å²) in [5.74, 6) is 0.783. The lowest BCUT2D eigenvalue weighted by atomic mass is 9.81. The summed E-state index contributed by atoms with van der Waals surface area (Å²) >= 11 is 0. The average molecular weight is 253 g/mol. The molecule has 0 radical (unpaired) electrons. The van der Waals surface area contributed by atoms with Gasteiger partial charge in [0.15, 0.2) is 0 Å². The first-order valence-corrected chi connectivity index (χ1v) is 7.62. The van der Waals surface area contributed by atoms with Crippen molar-refractivity contribution >= 4 is 0 Å². The highest BCUT2D eigenvalue weighted by atomic mass is 15.3. The quantitative estimate of drug-likeness (QED) is 0.812. The zero-order chi connectivity index (χ0) is 13.3. The van der Waals surface area contributed by atoms with Crippen LogP contribution >= 0.6 is 0 Å². The number of nitrogens with two attached hydrogens (primary N) is 1. The van der Waals surface area contributed by atoms with E-state index >= 15 is 0 Å². The van der Waals surface area contributed by atoms with Gasteiger partial charge in [-0.05, 0) is 58.7 Å². The van der Waals surface area contributed by atoms with E-state index in [0.717, 1.165) is 24.5 Å². The van der Waals surface area contributed by atoms with Crippen LogP contribution in [0.3, 0.4) is 0 Å². The molecule has 0 amide bonds. The molecule has 3 nitrogen and oxygen atoms in total. The maximum Gasteiger partial charge on any atom is 0.0358 e. The van der Waals surface area contributed by atoms with E-state index < -0.39 is 0 Å². The summed E-state index contributed by atoms with van der Waals surface area (Å²) in [5.41, 5.74) is 6.45. The zero-order valence-corrected chi connectivity index (χ0v) is 12.7. The highest BCUT2D eigenvalue weighted by Gasteiger charge is 2.47. The molecule has 0 aromatic heterocycles. The van der Waals surface area contributed by atoms with E-state index in [1.54, 1.807) is 0 Å². The van der Waals surface area contributed by atoms with Crippen molar-refractivity contribution in [3.8, 4) is 0 Å². The zero-order valence-electron chi connectivity index (χ0n) is 12.7. The molecule has 2 N–H and O–H groups in total. The van der Waals surface area contributed by atoms with Crippen LogP contribution in [0.2, 0.25) is 0 Å². The molecule has 2 fully saturated rings. The lowest BCUT2D eigenvalue weighted by Gasteiger charge is -2.50. The Morgan fingerprint density at radius 1 is 1.28 bits per heavy atom. The smallest absolute Gasteiger partial charge is 0.0358 e. The fraction of sp³-hybridized carbons (Fsp3) is 1.00. The van der Waals surface area contributed by atoms with Crippen molar-refractivity contribution in [2.45, 2.75) is 63.6 Å². The average Bonchev–Trinajstić information content (AvgIpc) is 2.58. The van der Waals surface area contributed by atoms with Crippen LogP contribution < -0.4 is 5.73 Å². The maximum absolute atomic E-state index is 6.18. The van der Waals surface area contributed by atoms with Gasteiger partial charge in [-0.2, -0.15) is 0 Å². The molecule has 2 aliphatic rings. The SMILES string of the molecule is CC(C)CCN(C)C1(CN)CC2CCC(C1)N2C. The third kappa shape index (κ3) is 2.59. The summed E-state index contributed by atoms with van der Waals surface area (Å²) < 4.78 is 0. The van der Waals surface area contributed by atoms with E-state index in [4.69, 9.17) is 5.73 Å². The molecule has 2 heterocycles. The van der Waals surface area contributed by atoms with Crippen LogP contribution in [0.4, 0.5) is 0 Å². The first kappa shape index (κ1) is 14.3. The molecular formula is C15H31N3. The van der Waals surface area contributed by atoms with Crippen molar-refractivity contribution in [3.05, 3.63) is 0 Å². The summed E-state index contributed by atoms with van der Waals surface area (Å²) in [6, 6.07) is 1.54. The normalized spacial score (nSPS) is 36.8. The molecule has 0 aliphatic carbocycles. The molecule has 0 saturated carbocycles. The summed E-state index contributed by atoms with van der Waals surface area (Å²) in [7, 11) is 4.59. The number of hydrogen-bond acceptors (Lipinski definition) is 3. The van der Waals surface area contributed by atoms with E-state index in [9.17, 15) is 0 Å². The Kier molecular flexibility index (Phi) is 4.35. The third-order valence-corrected chi connectivity index (χ3v) is 5.45. The Balaban J connectivity index is 2.03. The predicted molar refractivity (Wildman–Crippen MR) is 77.7 cm³/mol. The fourth-order valence-electron chi connectivity index (χ4n) is 3.87. The van der Waals surface area contributed by atoms with Crippen LogP contribution in [-0.2, 0) is 0 Å². The van der Waals surface area contributed by atoms with Gasteiger partial charge < -0.3 is 10.6 Å². The van der Waals surface area contributed by atoms with Crippen molar-refractivity contribution in [1.29, 1.82) is 0 Å². The summed E-state index contributed by atoms with van der Waals surface area (Å²) in [6.07, 6.45) is 6.57. The van der Waals surface area contributed by atoms with Gasteiger partial charge in [0.2, 0.25) is 0 Å². The van der Waals surface area contributed by atoms with Gasteiger partial charge in [0.1, 0.15) is 0 Å². The number of fused-ring (bicyclic) bond motifs is 2. The molecule has 2 unspecified atom stereocenters. The van der Waals surface area contributed by atoms with Gasteiger partial charge in [-0.3, -0.25) is 4.90 Å². The maximum atomic E-state index is 6.18. The highest BCUT2D eigenvalue weighted by molar-refractivity contribution is 5.06. The van der Waals surface area contributed by atoms with Gasteiger partial charge in [-0.25, -0.2) is 0 Å². The molecular weight excluding hydrogens is 222 g/mol.